The van der Waals surface area contributed by atoms with Crippen molar-refractivity contribution < 1.29 is 13.9 Å². The summed E-state index contributed by atoms with van der Waals surface area (Å²) in [6, 6.07) is 17.7. The van der Waals surface area contributed by atoms with Crippen molar-refractivity contribution in [1.29, 1.82) is 0 Å². The number of aromatic amines is 1. The highest BCUT2D eigenvalue weighted by atomic mass is 19.1. The van der Waals surface area contributed by atoms with Crippen molar-refractivity contribution in [2.75, 3.05) is 36.0 Å². The molecule has 2 aromatic heterocycles. The third-order valence-corrected chi connectivity index (χ3v) is 8.88. The topological polar surface area (TPSA) is 86.4 Å². The Bertz CT molecular complexity index is 1560. The van der Waals surface area contributed by atoms with Crippen LogP contribution >= 0.6 is 0 Å². The number of halogens is 1. The van der Waals surface area contributed by atoms with E-state index in [1.165, 1.54) is 17.2 Å². The lowest BCUT2D eigenvalue weighted by Crippen LogP contribution is -2.49. The summed E-state index contributed by atoms with van der Waals surface area (Å²) in [7, 11) is 0. The molecule has 2 aromatic carbocycles. The Balaban J connectivity index is 1.09. The van der Waals surface area contributed by atoms with E-state index in [0.717, 1.165) is 56.1 Å². The van der Waals surface area contributed by atoms with Crippen LogP contribution in [0.2, 0.25) is 0 Å². The number of pyridine rings is 1. The molecule has 9 heteroatoms. The standard InChI is InChI=1S/C35H41FN6O2/c1-34(2,3)27-10-7-25(8-11-27)23-42-20-16-35(44-32-29(36)5-4-6-30(32)42)14-18-41(19-15-35)31-12-9-26(21-39-31)33(43)38-17-13-28-22-37-24-40-28/h4-12,21-22,24H,13-20,23H2,1-3H3,(H,37,40)(H,38,43). The number of anilines is 2. The molecule has 6 rings (SSSR count). The number of benzene rings is 2. The number of fused-ring (bicyclic) bond motifs is 1. The number of nitrogens with one attached hydrogen (secondary N) is 2. The summed E-state index contributed by atoms with van der Waals surface area (Å²) in [5, 5.41) is 2.93. The van der Waals surface area contributed by atoms with Crippen LogP contribution in [-0.4, -0.2) is 52.6 Å². The number of piperidine rings is 1. The van der Waals surface area contributed by atoms with E-state index in [1.54, 1.807) is 24.8 Å². The molecule has 0 atom stereocenters. The van der Waals surface area contributed by atoms with Crippen LogP contribution in [0.3, 0.4) is 0 Å². The first-order chi connectivity index (χ1) is 21.2. The minimum absolute atomic E-state index is 0.0965. The van der Waals surface area contributed by atoms with Crippen molar-refractivity contribution in [3.05, 3.63) is 102 Å². The van der Waals surface area contributed by atoms with Gasteiger partial charge in [-0.1, -0.05) is 51.1 Å². The molecule has 0 aliphatic carbocycles. The van der Waals surface area contributed by atoms with Crippen LogP contribution in [0.4, 0.5) is 15.9 Å². The molecule has 1 spiro atoms. The molecule has 2 aliphatic heterocycles. The van der Waals surface area contributed by atoms with Gasteiger partial charge in [0.25, 0.3) is 5.91 Å². The number of amides is 1. The second-order valence-corrected chi connectivity index (χ2v) is 13.0. The maximum Gasteiger partial charge on any atom is 0.252 e. The number of rotatable bonds is 7. The van der Waals surface area contributed by atoms with Crippen LogP contribution in [0.25, 0.3) is 0 Å². The van der Waals surface area contributed by atoms with E-state index in [2.05, 4.69) is 75.1 Å². The van der Waals surface area contributed by atoms with Crippen molar-refractivity contribution in [3.63, 3.8) is 0 Å². The quantitative estimate of drug-likeness (QED) is 0.271. The van der Waals surface area contributed by atoms with Crippen molar-refractivity contribution in [3.8, 4) is 5.75 Å². The van der Waals surface area contributed by atoms with Gasteiger partial charge in [0.2, 0.25) is 0 Å². The van der Waals surface area contributed by atoms with Crippen LogP contribution in [0, 0.1) is 5.82 Å². The van der Waals surface area contributed by atoms with E-state index in [0.29, 0.717) is 30.8 Å². The summed E-state index contributed by atoms with van der Waals surface area (Å²) in [5.74, 6) is 0.711. The number of carbonyl (C=O) groups excluding carboxylic acids is 1. The molecule has 1 fully saturated rings. The number of hydrogen-bond donors (Lipinski definition) is 2. The lowest BCUT2D eigenvalue weighted by molar-refractivity contribution is 0.0374. The highest BCUT2D eigenvalue weighted by Crippen LogP contribution is 2.43. The van der Waals surface area contributed by atoms with E-state index in [4.69, 9.17) is 4.74 Å². The molecule has 0 bridgehead atoms. The molecule has 2 aliphatic rings. The number of carbonyl (C=O) groups is 1. The minimum atomic E-state index is -0.452. The Hall–Kier alpha value is -4.40. The lowest BCUT2D eigenvalue weighted by Gasteiger charge is -2.41. The monoisotopic (exact) mass is 596 g/mol. The summed E-state index contributed by atoms with van der Waals surface area (Å²) in [5.41, 5.74) is 4.45. The van der Waals surface area contributed by atoms with Gasteiger partial charge in [0.05, 0.1) is 17.6 Å². The summed E-state index contributed by atoms with van der Waals surface area (Å²) < 4.78 is 21.9. The first-order valence-electron chi connectivity index (χ1n) is 15.5. The number of aromatic nitrogens is 3. The Morgan fingerprint density at radius 2 is 1.80 bits per heavy atom. The normalized spacial score (nSPS) is 16.3. The predicted octanol–water partition coefficient (Wildman–Crippen LogP) is 6.04. The Morgan fingerprint density at radius 1 is 1.02 bits per heavy atom. The third kappa shape index (κ3) is 6.56. The van der Waals surface area contributed by atoms with Crippen molar-refractivity contribution in [2.45, 2.75) is 64.0 Å². The molecule has 8 nitrogen and oxygen atoms in total. The molecular formula is C35H41FN6O2. The Kier molecular flexibility index (Phi) is 8.29. The zero-order valence-electron chi connectivity index (χ0n) is 25.8. The second kappa shape index (κ2) is 12.3. The molecular weight excluding hydrogens is 555 g/mol. The van der Waals surface area contributed by atoms with E-state index in [9.17, 15) is 4.79 Å². The zero-order chi connectivity index (χ0) is 30.7. The molecule has 4 heterocycles. The maximum atomic E-state index is 15.3. The van der Waals surface area contributed by atoms with E-state index < -0.39 is 5.60 Å². The molecule has 0 saturated carbocycles. The van der Waals surface area contributed by atoms with Gasteiger partial charge in [-0.3, -0.25) is 4.79 Å². The SMILES string of the molecule is CC(C)(C)c1ccc(CN2CCC3(CCN(c4ccc(C(=O)NCCc5cnc[nH]5)cn4)CC3)Oc3c(F)cccc32)cc1. The fourth-order valence-corrected chi connectivity index (χ4v) is 6.11. The fourth-order valence-electron chi connectivity index (χ4n) is 6.11. The van der Waals surface area contributed by atoms with Gasteiger partial charge in [-0.05, 0) is 40.8 Å². The summed E-state index contributed by atoms with van der Waals surface area (Å²) in [6.07, 6.45) is 8.02. The first kappa shape index (κ1) is 29.7. The van der Waals surface area contributed by atoms with E-state index >= 15 is 4.39 Å². The van der Waals surface area contributed by atoms with Gasteiger partial charge < -0.3 is 24.8 Å². The first-order valence-corrected chi connectivity index (χ1v) is 15.5. The average molecular weight is 597 g/mol. The van der Waals surface area contributed by atoms with Gasteiger partial charge in [-0.15, -0.1) is 0 Å². The maximum absolute atomic E-state index is 15.3. The number of para-hydroxylation sites is 1. The molecule has 0 radical (unpaired) electrons. The number of hydrogen-bond acceptors (Lipinski definition) is 6. The van der Waals surface area contributed by atoms with Crippen molar-refractivity contribution in [2.24, 2.45) is 0 Å². The van der Waals surface area contributed by atoms with E-state index in [-0.39, 0.29) is 17.1 Å². The number of ether oxygens (including phenoxy) is 1. The average Bonchev–Trinajstić information content (AvgIpc) is 3.49. The smallest absolute Gasteiger partial charge is 0.252 e. The van der Waals surface area contributed by atoms with Crippen molar-refractivity contribution >= 4 is 17.4 Å². The van der Waals surface area contributed by atoms with Crippen LogP contribution < -0.4 is 19.9 Å². The van der Waals surface area contributed by atoms with Gasteiger partial charge in [-0.2, -0.15) is 0 Å². The third-order valence-electron chi connectivity index (χ3n) is 8.88. The van der Waals surface area contributed by atoms with Crippen LogP contribution in [0.15, 0.2) is 73.3 Å². The number of H-pyrrole nitrogens is 1. The Morgan fingerprint density at radius 3 is 2.48 bits per heavy atom. The number of nitrogens with zero attached hydrogens (tertiary/aromatic N) is 4. The van der Waals surface area contributed by atoms with Gasteiger partial charge in [0.15, 0.2) is 11.6 Å². The van der Waals surface area contributed by atoms with Gasteiger partial charge in [0.1, 0.15) is 11.4 Å². The molecule has 230 valence electrons. The number of imidazole rings is 1. The lowest BCUT2D eigenvalue weighted by atomic mass is 9.86. The van der Waals surface area contributed by atoms with E-state index in [1.807, 2.05) is 18.2 Å². The summed E-state index contributed by atoms with van der Waals surface area (Å²) in [4.78, 5) is 28.7. The van der Waals surface area contributed by atoms with Gasteiger partial charge in [-0.25, -0.2) is 14.4 Å². The molecule has 4 aromatic rings. The fraction of sp³-hybridized carbons (Fsp3) is 0.400. The van der Waals surface area contributed by atoms with Crippen molar-refractivity contribution in [1.82, 2.24) is 20.3 Å². The predicted molar refractivity (Wildman–Crippen MR) is 171 cm³/mol. The van der Waals surface area contributed by atoms with Gasteiger partial charge in [0, 0.05) is 76.5 Å². The zero-order valence-corrected chi connectivity index (χ0v) is 25.8. The molecule has 0 unspecified atom stereocenters. The summed E-state index contributed by atoms with van der Waals surface area (Å²) in [6.45, 7) is 10.1. The molecule has 1 saturated heterocycles. The Labute approximate surface area is 258 Å². The molecule has 44 heavy (non-hydrogen) atoms. The van der Waals surface area contributed by atoms with Crippen LogP contribution in [0.1, 0.15) is 67.2 Å². The molecule has 1 amide bonds. The highest BCUT2D eigenvalue weighted by Gasteiger charge is 2.41. The summed E-state index contributed by atoms with van der Waals surface area (Å²) >= 11 is 0. The van der Waals surface area contributed by atoms with Crippen LogP contribution in [0.5, 0.6) is 5.75 Å². The van der Waals surface area contributed by atoms with Crippen LogP contribution in [-0.2, 0) is 18.4 Å². The van der Waals surface area contributed by atoms with Gasteiger partial charge >= 0.3 is 0 Å². The second-order valence-electron chi connectivity index (χ2n) is 13.0. The molecule has 2 N–H and O–H groups in total. The largest absolute Gasteiger partial charge is 0.482 e. The highest BCUT2D eigenvalue weighted by molar-refractivity contribution is 5.94. The minimum Gasteiger partial charge on any atom is -0.482 e.